The summed E-state index contributed by atoms with van der Waals surface area (Å²) in [6.45, 7) is 1.25. The highest BCUT2D eigenvalue weighted by Crippen LogP contribution is 2.33. The van der Waals surface area contributed by atoms with Gasteiger partial charge in [-0.2, -0.15) is 0 Å². The Kier molecular flexibility index (Phi) is 7.98. The van der Waals surface area contributed by atoms with Crippen LogP contribution in [0, 0.1) is 0 Å². The van der Waals surface area contributed by atoms with Crippen molar-refractivity contribution in [1.29, 1.82) is 0 Å². The van der Waals surface area contributed by atoms with E-state index >= 15 is 0 Å². The van der Waals surface area contributed by atoms with Crippen LogP contribution in [0.2, 0.25) is 0 Å². The molecule has 142 valence electrons. The fraction of sp³-hybridized carbons (Fsp3) is 0.562. The van der Waals surface area contributed by atoms with Gasteiger partial charge in [0.2, 0.25) is 15.9 Å². The maximum Gasteiger partial charge on any atom is 0.232 e. The third kappa shape index (κ3) is 6.79. The largest absolute Gasteiger partial charge is 0.497 e. The quantitative estimate of drug-likeness (QED) is 0.644. The first-order valence-electron chi connectivity index (χ1n) is 7.80. The Morgan fingerprint density at radius 2 is 1.84 bits per heavy atom. The summed E-state index contributed by atoms with van der Waals surface area (Å²) in [5.41, 5.74) is 0.367. The molecule has 0 bridgehead atoms. The van der Waals surface area contributed by atoms with E-state index in [1.807, 2.05) is 19.0 Å². The Morgan fingerprint density at radius 1 is 1.16 bits per heavy atom. The summed E-state index contributed by atoms with van der Waals surface area (Å²) < 4.78 is 35.9. The lowest BCUT2D eigenvalue weighted by Crippen LogP contribution is -2.36. The second-order valence-corrected chi connectivity index (χ2v) is 7.68. The number of hydrogen-bond donors (Lipinski definition) is 1. The van der Waals surface area contributed by atoms with Gasteiger partial charge in [0.15, 0.2) is 0 Å². The second-order valence-electron chi connectivity index (χ2n) is 5.78. The van der Waals surface area contributed by atoms with Gasteiger partial charge < -0.3 is 19.7 Å². The van der Waals surface area contributed by atoms with Crippen molar-refractivity contribution in [2.75, 3.05) is 58.5 Å². The third-order valence-electron chi connectivity index (χ3n) is 3.48. The molecule has 0 aliphatic heterocycles. The number of likely N-dealkylation sites (N-methyl/N-ethyl adjacent to an activating group) is 1. The van der Waals surface area contributed by atoms with E-state index in [0.717, 1.165) is 10.6 Å². The predicted molar refractivity (Wildman–Crippen MR) is 97.9 cm³/mol. The van der Waals surface area contributed by atoms with Gasteiger partial charge in [-0.1, -0.05) is 0 Å². The molecule has 1 amide bonds. The average molecular weight is 373 g/mol. The molecule has 1 aromatic carbocycles. The predicted octanol–water partition coefficient (Wildman–Crippen LogP) is 0.538. The molecular weight excluding hydrogens is 346 g/mol. The molecule has 0 heterocycles. The van der Waals surface area contributed by atoms with Crippen LogP contribution in [0.15, 0.2) is 18.2 Å². The number of rotatable bonds is 10. The lowest BCUT2D eigenvalue weighted by Gasteiger charge is -2.24. The van der Waals surface area contributed by atoms with Gasteiger partial charge in [-0.25, -0.2) is 8.42 Å². The highest BCUT2D eigenvalue weighted by molar-refractivity contribution is 7.92. The maximum absolute atomic E-state index is 12.2. The number of ether oxygens (including phenoxy) is 2. The van der Waals surface area contributed by atoms with Crippen molar-refractivity contribution >= 4 is 21.6 Å². The Bertz CT molecular complexity index is 676. The Balaban J connectivity index is 2.88. The van der Waals surface area contributed by atoms with Crippen LogP contribution in [0.5, 0.6) is 11.5 Å². The molecule has 0 saturated carbocycles. The molecule has 0 aliphatic carbocycles. The van der Waals surface area contributed by atoms with Crippen LogP contribution in [0.25, 0.3) is 0 Å². The van der Waals surface area contributed by atoms with Gasteiger partial charge in [0, 0.05) is 32.1 Å². The van der Waals surface area contributed by atoms with E-state index in [1.165, 1.54) is 14.2 Å². The highest BCUT2D eigenvalue weighted by Gasteiger charge is 2.22. The zero-order valence-corrected chi connectivity index (χ0v) is 16.2. The molecule has 0 radical (unpaired) electrons. The molecule has 25 heavy (non-hydrogen) atoms. The van der Waals surface area contributed by atoms with Crippen molar-refractivity contribution in [3.05, 3.63) is 18.2 Å². The fourth-order valence-corrected chi connectivity index (χ4v) is 3.10. The molecule has 0 unspecified atom stereocenters. The minimum atomic E-state index is -3.58. The van der Waals surface area contributed by atoms with E-state index in [9.17, 15) is 13.2 Å². The van der Waals surface area contributed by atoms with Crippen molar-refractivity contribution in [2.24, 2.45) is 0 Å². The number of carbonyl (C=O) groups is 1. The lowest BCUT2D eigenvalue weighted by atomic mass is 10.2. The van der Waals surface area contributed by atoms with Crippen LogP contribution in [0.1, 0.15) is 6.42 Å². The van der Waals surface area contributed by atoms with E-state index in [0.29, 0.717) is 30.3 Å². The average Bonchev–Trinajstić information content (AvgIpc) is 2.53. The third-order valence-corrected chi connectivity index (χ3v) is 4.66. The second kappa shape index (κ2) is 9.47. The normalized spacial score (nSPS) is 11.3. The van der Waals surface area contributed by atoms with Gasteiger partial charge in [0.25, 0.3) is 0 Å². The van der Waals surface area contributed by atoms with E-state index in [4.69, 9.17) is 9.47 Å². The number of methoxy groups -OCH3 is 2. The van der Waals surface area contributed by atoms with Crippen LogP contribution >= 0.6 is 0 Å². The summed E-state index contributed by atoms with van der Waals surface area (Å²) in [5, 5.41) is 2.77. The molecule has 0 spiro atoms. The van der Waals surface area contributed by atoms with Crippen molar-refractivity contribution in [3.8, 4) is 11.5 Å². The lowest BCUT2D eigenvalue weighted by molar-refractivity contribution is -0.120. The zero-order valence-electron chi connectivity index (χ0n) is 15.4. The zero-order chi connectivity index (χ0) is 19.0. The molecule has 0 atom stereocenters. The number of anilines is 1. The van der Waals surface area contributed by atoms with Gasteiger partial charge in [0.05, 0.1) is 26.2 Å². The van der Waals surface area contributed by atoms with Crippen LogP contribution in [0.4, 0.5) is 5.69 Å². The van der Waals surface area contributed by atoms with E-state index in [1.54, 1.807) is 18.2 Å². The van der Waals surface area contributed by atoms with Crippen LogP contribution < -0.4 is 19.1 Å². The first-order chi connectivity index (χ1) is 11.7. The van der Waals surface area contributed by atoms with Gasteiger partial charge in [-0.05, 0) is 26.2 Å². The van der Waals surface area contributed by atoms with Crippen molar-refractivity contribution < 1.29 is 22.7 Å². The summed E-state index contributed by atoms with van der Waals surface area (Å²) >= 11 is 0. The summed E-state index contributed by atoms with van der Waals surface area (Å²) in [7, 11) is 3.21. The smallest absolute Gasteiger partial charge is 0.232 e. The minimum absolute atomic E-state index is 0.0231. The maximum atomic E-state index is 12.2. The number of benzene rings is 1. The van der Waals surface area contributed by atoms with Crippen molar-refractivity contribution in [3.63, 3.8) is 0 Å². The molecular formula is C16H27N3O5S. The number of carbonyl (C=O) groups excluding carboxylic acids is 1. The molecule has 1 aromatic rings. The highest BCUT2D eigenvalue weighted by atomic mass is 32.2. The summed E-state index contributed by atoms with van der Waals surface area (Å²) in [6.07, 6.45) is 1.15. The fourth-order valence-electron chi connectivity index (χ4n) is 2.17. The first-order valence-corrected chi connectivity index (χ1v) is 9.65. The van der Waals surface area contributed by atoms with Gasteiger partial charge in [-0.3, -0.25) is 9.10 Å². The monoisotopic (exact) mass is 373 g/mol. The SMILES string of the molecule is COc1ccc(N(CCC(=O)NCCN(C)C)S(C)(=O)=O)c(OC)c1. The Hall–Kier alpha value is -2.00. The molecule has 1 rings (SSSR count). The molecule has 1 N–H and O–H groups in total. The van der Waals surface area contributed by atoms with Crippen molar-refractivity contribution in [2.45, 2.75) is 6.42 Å². The summed E-state index contributed by atoms with van der Waals surface area (Å²) in [4.78, 5) is 13.9. The van der Waals surface area contributed by atoms with E-state index in [-0.39, 0.29) is 18.9 Å². The van der Waals surface area contributed by atoms with Crippen LogP contribution in [-0.4, -0.2) is 73.4 Å². The number of sulfonamides is 1. The number of amides is 1. The first kappa shape index (κ1) is 21.0. The van der Waals surface area contributed by atoms with Crippen molar-refractivity contribution in [1.82, 2.24) is 10.2 Å². The standard InChI is InChI=1S/C16H27N3O5S/c1-18(2)11-9-17-16(20)8-10-19(25(5,21)22)14-7-6-13(23-3)12-15(14)24-4/h6-7,12H,8-11H2,1-5H3,(H,17,20). The molecule has 0 saturated heterocycles. The Labute approximate surface area is 149 Å². The topological polar surface area (TPSA) is 88.2 Å². The molecule has 0 aromatic heterocycles. The summed E-state index contributed by atoms with van der Waals surface area (Å²) in [5.74, 6) is 0.705. The minimum Gasteiger partial charge on any atom is -0.497 e. The summed E-state index contributed by atoms with van der Waals surface area (Å²) in [6, 6.07) is 4.85. The van der Waals surface area contributed by atoms with Crippen LogP contribution in [0.3, 0.4) is 0 Å². The van der Waals surface area contributed by atoms with Crippen LogP contribution in [-0.2, 0) is 14.8 Å². The molecule has 9 heteroatoms. The number of nitrogens with one attached hydrogen (secondary N) is 1. The Morgan fingerprint density at radius 3 is 2.36 bits per heavy atom. The molecule has 0 fully saturated rings. The van der Waals surface area contributed by atoms with Gasteiger partial charge >= 0.3 is 0 Å². The van der Waals surface area contributed by atoms with Gasteiger partial charge in [-0.15, -0.1) is 0 Å². The number of nitrogens with zero attached hydrogens (tertiary/aromatic N) is 2. The molecule has 0 aliphatic rings. The number of hydrogen-bond acceptors (Lipinski definition) is 6. The molecule has 8 nitrogen and oxygen atoms in total. The van der Waals surface area contributed by atoms with Gasteiger partial charge in [0.1, 0.15) is 11.5 Å². The van der Waals surface area contributed by atoms with E-state index in [2.05, 4.69) is 5.32 Å². The van der Waals surface area contributed by atoms with E-state index < -0.39 is 10.0 Å².